The highest BCUT2D eigenvalue weighted by atomic mass is 35.5. The maximum Gasteiger partial charge on any atom is 0.272 e. The zero-order valence-electron chi connectivity index (χ0n) is 21.7. The minimum atomic E-state index is -4.21. The minimum absolute atomic E-state index is 0.0517. The van der Waals surface area contributed by atoms with Crippen molar-refractivity contribution in [3.63, 3.8) is 0 Å². The molecule has 0 aliphatic rings. The number of amides is 1. The summed E-state index contributed by atoms with van der Waals surface area (Å²) in [5.41, 5.74) is 0.450. The molecule has 1 amide bonds. The van der Waals surface area contributed by atoms with Gasteiger partial charge in [0.25, 0.3) is 11.6 Å². The van der Waals surface area contributed by atoms with Crippen molar-refractivity contribution in [1.82, 2.24) is 19.8 Å². The summed E-state index contributed by atoms with van der Waals surface area (Å²) in [5.74, 6) is -0.352. The number of nitro groups is 1. The Labute approximate surface area is 226 Å². The molecule has 0 spiro atoms. The van der Waals surface area contributed by atoms with E-state index in [1.165, 1.54) is 10.7 Å². The molecule has 0 unspecified atom stereocenters. The summed E-state index contributed by atoms with van der Waals surface area (Å²) in [7, 11) is -4.21. The second-order valence-electron chi connectivity index (χ2n) is 9.20. The van der Waals surface area contributed by atoms with Gasteiger partial charge in [0.2, 0.25) is 15.9 Å². The molecule has 0 fully saturated rings. The SMILES string of the molecule is CC[C@@H](C)NS(=O)(=O)c1cc([N+](=O)[O-])ccc1Oc1c(C)c(C(=O)NCC(C)C)nn1-c1cccc(Cl)c1. The number of carbonyl (C=O) groups is 1. The van der Waals surface area contributed by atoms with E-state index < -0.39 is 37.5 Å². The number of aromatic nitrogens is 2. The minimum Gasteiger partial charge on any atom is -0.437 e. The molecule has 204 valence electrons. The normalized spacial score (nSPS) is 12.4. The van der Waals surface area contributed by atoms with Crippen molar-refractivity contribution in [1.29, 1.82) is 0 Å². The van der Waals surface area contributed by atoms with Crippen LogP contribution in [0.1, 0.15) is 50.2 Å². The summed E-state index contributed by atoms with van der Waals surface area (Å²) >= 11 is 6.18. The van der Waals surface area contributed by atoms with Crippen molar-refractivity contribution in [2.45, 2.75) is 52.0 Å². The van der Waals surface area contributed by atoms with Gasteiger partial charge in [-0.3, -0.25) is 14.9 Å². The number of hydrogen-bond donors (Lipinski definition) is 2. The number of rotatable bonds is 11. The van der Waals surface area contributed by atoms with Crippen LogP contribution >= 0.6 is 11.6 Å². The smallest absolute Gasteiger partial charge is 0.272 e. The average Bonchev–Trinajstić information content (AvgIpc) is 3.18. The molecule has 0 saturated heterocycles. The number of sulfonamides is 1. The Morgan fingerprint density at radius 1 is 1.21 bits per heavy atom. The van der Waals surface area contributed by atoms with Crippen molar-refractivity contribution in [2.75, 3.05) is 6.54 Å². The Bertz CT molecular complexity index is 1450. The molecule has 1 heterocycles. The van der Waals surface area contributed by atoms with Gasteiger partial charge in [-0.05, 0) is 50.5 Å². The summed E-state index contributed by atoms with van der Waals surface area (Å²) in [6.45, 7) is 9.42. The van der Waals surface area contributed by atoms with E-state index in [0.717, 1.165) is 12.1 Å². The predicted octanol–water partition coefficient (Wildman–Crippen LogP) is 5.00. The van der Waals surface area contributed by atoms with Gasteiger partial charge in [-0.15, -0.1) is 0 Å². The zero-order valence-corrected chi connectivity index (χ0v) is 23.3. The summed E-state index contributed by atoms with van der Waals surface area (Å²) < 4.78 is 36.4. The van der Waals surface area contributed by atoms with Crippen molar-refractivity contribution in [3.05, 3.63) is 68.9 Å². The molecule has 2 N–H and O–H groups in total. The molecule has 2 aromatic carbocycles. The quantitative estimate of drug-likeness (QED) is 0.246. The molecular weight excluding hydrogens is 534 g/mol. The molecule has 0 saturated carbocycles. The third-order valence-electron chi connectivity index (χ3n) is 5.61. The van der Waals surface area contributed by atoms with E-state index in [0.29, 0.717) is 29.2 Å². The van der Waals surface area contributed by atoms with E-state index in [2.05, 4.69) is 15.1 Å². The van der Waals surface area contributed by atoms with E-state index in [1.54, 1.807) is 45.0 Å². The van der Waals surface area contributed by atoms with Gasteiger partial charge in [0.05, 0.1) is 10.6 Å². The molecule has 3 aromatic rings. The number of hydrogen-bond acceptors (Lipinski definition) is 7. The Hall–Kier alpha value is -3.48. The largest absolute Gasteiger partial charge is 0.437 e. The van der Waals surface area contributed by atoms with Crippen molar-refractivity contribution < 1.29 is 22.9 Å². The molecule has 1 aromatic heterocycles. The topological polar surface area (TPSA) is 145 Å². The Morgan fingerprint density at radius 2 is 1.92 bits per heavy atom. The Kier molecular flexibility index (Phi) is 9.13. The van der Waals surface area contributed by atoms with Crippen molar-refractivity contribution >= 4 is 33.2 Å². The lowest BCUT2D eigenvalue weighted by atomic mass is 10.2. The standard InChI is InChI=1S/C25H30ClN5O6S/c1-6-16(4)29-38(35,36)22-13-20(31(33)34)10-11-21(22)37-25-17(5)23(24(32)27-14-15(2)3)28-30(25)19-9-7-8-18(26)12-19/h7-13,15-16,29H,6,14H2,1-5H3,(H,27,32)/t16-/m1/s1. The second-order valence-corrected chi connectivity index (χ2v) is 11.3. The van der Waals surface area contributed by atoms with Crippen molar-refractivity contribution in [2.24, 2.45) is 5.92 Å². The first-order chi connectivity index (χ1) is 17.8. The van der Waals surface area contributed by atoms with Crippen LogP contribution in [0.25, 0.3) is 5.69 Å². The molecule has 38 heavy (non-hydrogen) atoms. The van der Waals surface area contributed by atoms with Crippen LogP contribution in [-0.2, 0) is 10.0 Å². The second kappa shape index (κ2) is 11.9. The predicted molar refractivity (Wildman–Crippen MR) is 144 cm³/mol. The number of nitrogens with zero attached hydrogens (tertiary/aromatic N) is 3. The van der Waals surface area contributed by atoms with Gasteiger partial charge in [-0.1, -0.05) is 38.4 Å². The van der Waals surface area contributed by atoms with Gasteiger partial charge in [-0.25, -0.2) is 13.1 Å². The summed E-state index contributed by atoms with van der Waals surface area (Å²) in [4.78, 5) is 23.2. The van der Waals surface area contributed by atoms with E-state index in [9.17, 15) is 23.3 Å². The first-order valence-corrected chi connectivity index (χ1v) is 13.8. The van der Waals surface area contributed by atoms with Gasteiger partial charge in [0.15, 0.2) is 5.69 Å². The van der Waals surface area contributed by atoms with Crippen molar-refractivity contribution in [3.8, 4) is 17.3 Å². The number of halogens is 1. The van der Waals surface area contributed by atoms with Gasteiger partial charge < -0.3 is 10.1 Å². The maximum atomic E-state index is 13.2. The van der Waals surface area contributed by atoms with Crippen LogP contribution in [0, 0.1) is 23.0 Å². The van der Waals surface area contributed by atoms with E-state index in [1.807, 2.05) is 13.8 Å². The number of benzene rings is 2. The van der Waals surface area contributed by atoms with Crippen LogP contribution in [0.5, 0.6) is 11.6 Å². The van der Waals surface area contributed by atoms with E-state index in [-0.39, 0.29) is 23.2 Å². The van der Waals surface area contributed by atoms with Gasteiger partial charge in [0, 0.05) is 35.3 Å². The first kappa shape index (κ1) is 29.1. The Balaban J connectivity index is 2.19. The van der Waals surface area contributed by atoms with Crippen LogP contribution in [-0.4, -0.2) is 41.6 Å². The highest BCUT2D eigenvalue weighted by Gasteiger charge is 2.28. The van der Waals surface area contributed by atoms with E-state index >= 15 is 0 Å². The summed E-state index contributed by atoms with van der Waals surface area (Å²) in [5, 5.41) is 19.1. The lowest BCUT2D eigenvalue weighted by molar-refractivity contribution is -0.385. The highest BCUT2D eigenvalue weighted by molar-refractivity contribution is 7.89. The molecule has 0 radical (unpaired) electrons. The van der Waals surface area contributed by atoms with Crippen LogP contribution in [0.15, 0.2) is 47.4 Å². The summed E-state index contributed by atoms with van der Waals surface area (Å²) in [6.07, 6.45) is 0.500. The van der Waals surface area contributed by atoms with Crippen LogP contribution in [0.4, 0.5) is 5.69 Å². The molecule has 1 atom stereocenters. The average molecular weight is 564 g/mol. The third kappa shape index (κ3) is 6.69. The number of carbonyl (C=O) groups excluding carboxylic acids is 1. The fourth-order valence-electron chi connectivity index (χ4n) is 3.40. The third-order valence-corrected chi connectivity index (χ3v) is 7.46. The highest BCUT2D eigenvalue weighted by Crippen LogP contribution is 2.36. The Morgan fingerprint density at radius 3 is 2.53 bits per heavy atom. The number of nitro benzene ring substituents is 1. The maximum absolute atomic E-state index is 13.2. The fourth-order valence-corrected chi connectivity index (χ4v) is 5.06. The molecule has 3 rings (SSSR count). The lowest BCUT2D eigenvalue weighted by Gasteiger charge is -2.16. The van der Waals surface area contributed by atoms with Gasteiger partial charge >= 0.3 is 0 Å². The zero-order chi connectivity index (χ0) is 28.2. The summed E-state index contributed by atoms with van der Waals surface area (Å²) in [6, 6.07) is 9.51. The molecule has 0 bridgehead atoms. The number of ether oxygens (including phenoxy) is 1. The monoisotopic (exact) mass is 563 g/mol. The van der Waals surface area contributed by atoms with Crippen LogP contribution < -0.4 is 14.8 Å². The van der Waals surface area contributed by atoms with E-state index in [4.69, 9.17) is 16.3 Å². The molecule has 11 nitrogen and oxygen atoms in total. The van der Waals surface area contributed by atoms with Gasteiger partial charge in [0.1, 0.15) is 10.6 Å². The molecule has 0 aliphatic carbocycles. The first-order valence-electron chi connectivity index (χ1n) is 12.0. The van der Waals surface area contributed by atoms with Crippen LogP contribution in [0.2, 0.25) is 5.02 Å². The molecule has 13 heteroatoms. The molecular formula is C25H30ClN5O6S. The number of nitrogens with one attached hydrogen (secondary N) is 2. The molecule has 0 aliphatic heterocycles. The lowest BCUT2D eigenvalue weighted by Crippen LogP contribution is -2.32. The fraction of sp³-hybridized carbons (Fsp3) is 0.360. The van der Waals surface area contributed by atoms with Crippen LogP contribution in [0.3, 0.4) is 0 Å². The van der Waals surface area contributed by atoms with Gasteiger partial charge in [-0.2, -0.15) is 9.78 Å². The number of non-ortho nitro benzene ring substituents is 1.